The van der Waals surface area contributed by atoms with Crippen LogP contribution < -0.4 is 5.14 Å². The molecular formula is C7H4F13NO3S. The van der Waals surface area contributed by atoms with E-state index in [-0.39, 0.29) is 0 Å². The maximum atomic E-state index is 13.0. The Balaban J connectivity index is 6.11. The Kier molecular flexibility index (Phi) is 5.75. The van der Waals surface area contributed by atoms with Gasteiger partial charge in [-0.25, -0.2) is 5.14 Å². The third-order valence-corrected chi connectivity index (χ3v) is 2.85. The van der Waals surface area contributed by atoms with E-state index in [1.807, 2.05) is 0 Å². The molecule has 0 aliphatic rings. The Morgan fingerprint density at radius 3 is 1.24 bits per heavy atom. The van der Waals surface area contributed by atoms with E-state index in [0.29, 0.717) is 0 Å². The van der Waals surface area contributed by atoms with E-state index in [9.17, 15) is 65.5 Å². The van der Waals surface area contributed by atoms with Gasteiger partial charge < -0.3 is 0 Å². The Morgan fingerprint density at radius 2 is 0.960 bits per heavy atom. The van der Waals surface area contributed by atoms with Gasteiger partial charge in [-0.05, 0) is 0 Å². The van der Waals surface area contributed by atoms with Gasteiger partial charge in [-0.1, -0.05) is 0 Å². The topological polar surface area (TPSA) is 69.4 Å². The van der Waals surface area contributed by atoms with Gasteiger partial charge in [0.15, 0.2) is 0 Å². The van der Waals surface area contributed by atoms with Gasteiger partial charge in [0.25, 0.3) is 0 Å². The molecule has 0 fully saturated rings. The van der Waals surface area contributed by atoms with Crippen molar-refractivity contribution < 1.29 is 69.7 Å². The highest BCUT2D eigenvalue weighted by Gasteiger charge is 2.90. The minimum absolute atomic E-state index is 2.77. The van der Waals surface area contributed by atoms with E-state index in [1.165, 1.54) is 0 Å². The van der Waals surface area contributed by atoms with Gasteiger partial charge in [0.1, 0.15) is 6.61 Å². The van der Waals surface area contributed by atoms with Gasteiger partial charge in [-0.3, -0.25) is 4.18 Å². The summed E-state index contributed by atoms with van der Waals surface area (Å²) in [6, 6.07) is 0. The molecular weight excluding hydrogens is 425 g/mol. The number of halogens is 13. The van der Waals surface area contributed by atoms with Crippen LogP contribution in [-0.2, 0) is 14.5 Å². The molecule has 0 rings (SSSR count). The molecule has 0 radical (unpaired) electrons. The van der Waals surface area contributed by atoms with E-state index in [0.717, 1.165) is 0 Å². The van der Waals surface area contributed by atoms with Gasteiger partial charge in [0.05, 0.1) is 0 Å². The van der Waals surface area contributed by atoms with E-state index in [1.54, 1.807) is 0 Å². The van der Waals surface area contributed by atoms with E-state index in [4.69, 9.17) is 0 Å². The van der Waals surface area contributed by atoms with Crippen molar-refractivity contribution in [1.29, 1.82) is 0 Å². The molecule has 0 saturated heterocycles. The second kappa shape index (κ2) is 6.00. The van der Waals surface area contributed by atoms with Crippen LogP contribution in [0.3, 0.4) is 0 Å². The average molecular weight is 429 g/mol. The van der Waals surface area contributed by atoms with Crippen LogP contribution in [0, 0.1) is 0 Å². The second-order valence-corrected chi connectivity index (χ2v) is 5.48. The SMILES string of the molecule is NS(=O)(=O)OCC(F)(F)C(F)(F)C(F)(F)C(F)(F)C(F)(F)C(F)(F)F. The Hall–Kier alpha value is -1.04. The molecule has 152 valence electrons. The van der Waals surface area contributed by atoms with Crippen LogP contribution in [0.15, 0.2) is 0 Å². The number of hydrogen-bond donors (Lipinski definition) is 1. The highest BCUT2D eigenvalue weighted by Crippen LogP contribution is 2.60. The second-order valence-electron chi connectivity index (χ2n) is 4.25. The summed E-state index contributed by atoms with van der Waals surface area (Å²) in [5.74, 6) is -38.2. The number of hydrogen-bond acceptors (Lipinski definition) is 3. The van der Waals surface area contributed by atoms with Crippen molar-refractivity contribution in [3.05, 3.63) is 0 Å². The quantitative estimate of drug-likeness (QED) is 0.633. The summed E-state index contributed by atoms with van der Waals surface area (Å²) >= 11 is 0. The third-order valence-electron chi connectivity index (χ3n) is 2.40. The van der Waals surface area contributed by atoms with E-state index in [2.05, 4.69) is 9.32 Å². The Morgan fingerprint density at radius 1 is 0.640 bits per heavy atom. The molecule has 0 aromatic rings. The first-order valence-electron chi connectivity index (χ1n) is 5.08. The lowest BCUT2D eigenvalue weighted by molar-refractivity contribution is -0.440. The molecule has 0 aliphatic carbocycles. The maximum absolute atomic E-state index is 13.0. The maximum Gasteiger partial charge on any atom is 0.460 e. The van der Waals surface area contributed by atoms with Crippen LogP contribution in [0.2, 0.25) is 0 Å². The molecule has 0 bridgehead atoms. The lowest BCUT2D eigenvalue weighted by atomic mass is 9.94. The predicted molar refractivity (Wildman–Crippen MR) is 49.8 cm³/mol. The summed E-state index contributed by atoms with van der Waals surface area (Å²) in [5.41, 5.74) is 0. The van der Waals surface area contributed by atoms with Crippen molar-refractivity contribution in [3.8, 4) is 0 Å². The van der Waals surface area contributed by atoms with E-state index >= 15 is 0 Å². The molecule has 0 amide bonds. The smallest absolute Gasteiger partial charge is 0.252 e. The molecule has 0 atom stereocenters. The third kappa shape index (κ3) is 3.88. The van der Waals surface area contributed by atoms with Crippen LogP contribution in [0.25, 0.3) is 0 Å². The minimum atomic E-state index is -8.06. The zero-order chi connectivity index (χ0) is 20.9. The standard InChI is InChI=1S/C7H4F13NO3S/c8-2(9,1-24-25(21,22)23)3(10,11)4(12,13)5(14,15)6(16,17)7(18,19)20/h1H2,(H2,21,22,23). The summed E-state index contributed by atoms with van der Waals surface area (Å²) < 4.78 is 186. The fourth-order valence-corrected chi connectivity index (χ4v) is 1.36. The van der Waals surface area contributed by atoms with E-state index < -0.39 is 52.7 Å². The van der Waals surface area contributed by atoms with Gasteiger partial charge in [0.2, 0.25) is 0 Å². The average Bonchev–Trinajstić information content (AvgIpc) is 2.33. The zero-order valence-corrected chi connectivity index (χ0v) is 11.6. The summed E-state index contributed by atoms with van der Waals surface area (Å²) in [7, 11) is -5.52. The highest BCUT2D eigenvalue weighted by atomic mass is 32.2. The van der Waals surface area contributed by atoms with Crippen LogP contribution in [0.5, 0.6) is 0 Å². The molecule has 4 nitrogen and oxygen atoms in total. The normalized spacial score (nSPS) is 16.2. The lowest BCUT2D eigenvalue weighted by Crippen LogP contribution is -2.70. The Bertz CT molecular complexity index is 595. The summed E-state index contributed by atoms with van der Waals surface area (Å²) in [4.78, 5) is 0. The summed E-state index contributed by atoms with van der Waals surface area (Å²) in [6.07, 6.45) is -7.53. The molecule has 0 aromatic heterocycles. The molecule has 0 aromatic carbocycles. The fourth-order valence-electron chi connectivity index (χ4n) is 1.05. The first-order valence-corrected chi connectivity index (χ1v) is 6.56. The molecule has 0 heterocycles. The molecule has 0 saturated carbocycles. The van der Waals surface area contributed by atoms with Crippen molar-refractivity contribution in [2.24, 2.45) is 5.14 Å². The predicted octanol–water partition coefficient (Wildman–Crippen LogP) is 2.95. The lowest BCUT2D eigenvalue weighted by Gasteiger charge is -2.39. The first kappa shape index (κ1) is 24.0. The van der Waals surface area contributed by atoms with Crippen LogP contribution >= 0.6 is 0 Å². The molecule has 18 heteroatoms. The molecule has 2 N–H and O–H groups in total. The van der Waals surface area contributed by atoms with Crippen molar-refractivity contribution in [3.63, 3.8) is 0 Å². The van der Waals surface area contributed by atoms with Gasteiger partial charge >= 0.3 is 46.1 Å². The van der Waals surface area contributed by atoms with Crippen LogP contribution in [-0.4, -0.2) is 50.8 Å². The largest absolute Gasteiger partial charge is 0.460 e. The number of alkyl halides is 13. The van der Waals surface area contributed by atoms with Crippen molar-refractivity contribution in [2.45, 2.75) is 35.8 Å². The highest BCUT2D eigenvalue weighted by molar-refractivity contribution is 7.84. The molecule has 25 heavy (non-hydrogen) atoms. The van der Waals surface area contributed by atoms with Gasteiger partial charge in [0, 0.05) is 0 Å². The molecule has 0 unspecified atom stereocenters. The Labute approximate surface area is 129 Å². The minimum Gasteiger partial charge on any atom is -0.252 e. The van der Waals surface area contributed by atoms with Crippen LogP contribution in [0.1, 0.15) is 0 Å². The molecule has 0 aliphatic heterocycles. The van der Waals surface area contributed by atoms with Gasteiger partial charge in [-0.15, -0.1) is 0 Å². The summed E-state index contributed by atoms with van der Waals surface area (Å²) in [6.45, 7) is -3.36. The number of nitrogens with two attached hydrogens (primary N) is 1. The van der Waals surface area contributed by atoms with Crippen LogP contribution in [0.4, 0.5) is 57.1 Å². The van der Waals surface area contributed by atoms with Crippen molar-refractivity contribution in [2.75, 3.05) is 6.61 Å². The van der Waals surface area contributed by atoms with Gasteiger partial charge in [-0.2, -0.15) is 65.5 Å². The first-order chi connectivity index (χ1) is 10.5. The molecule has 0 spiro atoms. The fraction of sp³-hybridized carbons (Fsp3) is 1.00. The number of rotatable bonds is 7. The summed E-state index contributed by atoms with van der Waals surface area (Å²) in [5, 5.41) is 3.87. The van der Waals surface area contributed by atoms with Crippen molar-refractivity contribution in [1.82, 2.24) is 0 Å². The zero-order valence-electron chi connectivity index (χ0n) is 10.8. The monoisotopic (exact) mass is 429 g/mol. The van der Waals surface area contributed by atoms with Crippen molar-refractivity contribution >= 4 is 10.3 Å².